The molecule has 24 N–H and O–H groups in total. The molecule has 13 amide bonds. The number of unbranched alkanes of at least 4 members (excludes halogenated alkanes) is 1. The number of para-hydroxylation sites is 2. The minimum absolute atomic E-state index is 0.0616. The molecule has 0 spiro atoms. The van der Waals surface area contributed by atoms with E-state index < -0.39 is 169 Å². The van der Waals surface area contributed by atoms with Gasteiger partial charge in [0.2, 0.25) is 76.8 Å². The smallest absolute Gasteiger partial charge is 0.245 e. The van der Waals surface area contributed by atoms with Crippen LogP contribution in [0.2, 0.25) is 0 Å². The number of amides is 13. The summed E-state index contributed by atoms with van der Waals surface area (Å²) in [5.41, 5.74) is 43.1. The van der Waals surface area contributed by atoms with Gasteiger partial charge in [-0.3, -0.25) is 67.3 Å². The number of likely N-dealkylation sites (tertiary alicyclic amines) is 2. The second-order valence-corrected chi connectivity index (χ2v) is 28.8. The normalized spacial score (nSPS) is 16.6. The molecule has 5 aromatic rings. The molecule has 4 heterocycles. The first kappa shape index (κ1) is 84.6. The van der Waals surface area contributed by atoms with Crippen molar-refractivity contribution in [3.8, 4) is 0 Å². The van der Waals surface area contributed by atoms with E-state index in [-0.39, 0.29) is 89.4 Å². The third-order valence-corrected chi connectivity index (χ3v) is 19.8. The number of hydrogen-bond acceptors (Lipinski definition) is 17. The van der Waals surface area contributed by atoms with Crippen LogP contribution in [0.1, 0.15) is 127 Å². The van der Waals surface area contributed by atoms with Crippen molar-refractivity contribution in [1.29, 1.82) is 0 Å². The Balaban J connectivity index is 1.15. The van der Waals surface area contributed by atoms with Crippen molar-refractivity contribution in [1.82, 2.24) is 62.3 Å². The zero-order chi connectivity index (χ0) is 78.6. The Morgan fingerprint density at radius 2 is 0.944 bits per heavy atom. The molecule has 2 fully saturated rings. The van der Waals surface area contributed by atoms with Crippen LogP contribution >= 0.6 is 11.8 Å². The number of benzene rings is 3. The van der Waals surface area contributed by atoms with Crippen molar-refractivity contribution in [3.63, 3.8) is 0 Å². The summed E-state index contributed by atoms with van der Waals surface area (Å²) in [4.78, 5) is 197. The number of thioether (sulfide) groups is 1. The second-order valence-electron chi connectivity index (χ2n) is 27.8. The zero-order valence-electron chi connectivity index (χ0n) is 61.5. The van der Waals surface area contributed by atoms with Gasteiger partial charge in [-0.15, -0.1) is 0 Å². The maximum absolute atomic E-state index is 15.4. The Morgan fingerprint density at radius 3 is 1.44 bits per heavy atom. The molecule has 0 bridgehead atoms. The van der Waals surface area contributed by atoms with E-state index in [0.29, 0.717) is 71.9 Å². The molecule has 7 rings (SSSR count). The Morgan fingerprint density at radius 1 is 0.500 bits per heavy atom. The number of aliphatic imine (C=N–C) groups is 1. The van der Waals surface area contributed by atoms with Crippen molar-refractivity contribution in [2.24, 2.45) is 51.0 Å². The lowest BCUT2D eigenvalue weighted by atomic mass is 9.99. The van der Waals surface area contributed by atoms with Crippen LogP contribution in [0.25, 0.3) is 21.8 Å². The molecule has 2 aromatic heterocycles. The van der Waals surface area contributed by atoms with Gasteiger partial charge in [0.05, 0.1) is 6.04 Å². The number of carbonyl (C=O) groups excluding carboxylic acids is 13. The van der Waals surface area contributed by atoms with Crippen molar-refractivity contribution >= 4 is 116 Å². The second kappa shape index (κ2) is 42.1. The van der Waals surface area contributed by atoms with Gasteiger partial charge in [-0.25, -0.2) is 0 Å². The summed E-state index contributed by atoms with van der Waals surface area (Å²) in [6.45, 7) is 4.52. The third kappa shape index (κ3) is 25.3. The molecule has 0 aliphatic carbocycles. The van der Waals surface area contributed by atoms with Gasteiger partial charge in [0.1, 0.15) is 60.4 Å². The van der Waals surface area contributed by atoms with Crippen LogP contribution in [-0.2, 0) is 81.6 Å². The fourth-order valence-electron chi connectivity index (χ4n) is 13.4. The number of nitrogens with one attached hydrogen (secondary N) is 10. The minimum Gasteiger partial charge on any atom is -0.370 e. The van der Waals surface area contributed by atoms with E-state index in [9.17, 15) is 47.9 Å². The average Bonchev–Trinajstić information content (AvgIpc) is 1.65. The van der Waals surface area contributed by atoms with Crippen molar-refractivity contribution in [3.05, 3.63) is 108 Å². The fraction of sp³-hybridized carbons (Fsp3) is 0.514. The van der Waals surface area contributed by atoms with E-state index in [4.69, 9.17) is 40.1 Å². The van der Waals surface area contributed by atoms with E-state index in [1.54, 1.807) is 73.1 Å². The molecule has 11 unspecified atom stereocenters. The zero-order valence-corrected chi connectivity index (χ0v) is 62.3. The molecule has 0 radical (unpaired) electrons. The largest absolute Gasteiger partial charge is 0.370 e. The molecule has 108 heavy (non-hydrogen) atoms. The summed E-state index contributed by atoms with van der Waals surface area (Å²) in [7, 11) is 0. The van der Waals surface area contributed by atoms with Crippen LogP contribution in [-0.4, -0.2) is 207 Å². The van der Waals surface area contributed by atoms with Gasteiger partial charge in [0, 0.05) is 85.9 Å². The highest BCUT2D eigenvalue weighted by atomic mass is 32.2. The summed E-state index contributed by atoms with van der Waals surface area (Å²) in [6, 6.07) is 8.68. The topological polar surface area (TPSA) is 551 Å². The number of rotatable bonds is 44. The van der Waals surface area contributed by atoms with Crippen LogP contribution in [0.5, 0.6) is 0 Å². The molecule has 34 heteroatoms. The Hall–Kier alpha value is -10.6. The van der Waals surface area contributed by atoms with Crippen LogP contribution in [0.15, 0.2) is 96.2 Å². The lowest BCUT2D eigenvalue weighted by Crippen LogP contribution is -2.61. The van der Waals surface area contributed by atoms with E-state index in [1.807, 2.05) is 38.3 Å². The van der Waals surface area contributed by atoms with Gasteiger partial charge in [-0.2, -0.15) is 11.8 Å². The number of primary amides is 3. The van der Waals surface area contributed by atoms with Gasteiger partial charge < -0.3 is 102 Å². The van der Waals surface area contributed by atoms with Gasteiger partial charge in [0.25, 0.3) is 0 Å². The number of fused-ring (bicyclic) bond motifs is 2. The first-order valence-electron chi connectivity index (χ1n) is 36.7. The molecule has 11 atom stereocenters. The summed E-state index contributed by atoms with van der Waals surface area (Å²) in [5.74, 6) is -10.1. The van der Waals surface area contributed by atoms with Crippen LogP contribution in [0.3, 0.4) is 0 Å². The number of nitrogens with zero attached hydrogens (tertiary/aromatic N) is 3. The van der Waals surface area contributed by atoms with Crippen LogP contribution in [0.4, 0.5) is 0 Å². The number of H-pyrrole nitrogens is 2. The van der Waals surface area contributed by atoms with Gasteiger partial charge in [-0.05, 0) is 137 Å². The molecule has 0 saturated carbocycles. The monoisotopic (exact) mass is 1510 g/mol. The van der Waals surface area contributed by atoms with Crippen molar-refractivity contribution < 1.29 is 62.3 Å². The maximum atomic E-state index is 15.4. The maximum Gasteiger partial charge on any atom is 0.245 e. The lowest BCUT2D eigenvalue weighted by Gasteiger charge is -2.32. The predicted molar refractivity (Wildman–Crippen MR) is 408 cm³/mol. The third-order valence-electron chi connectivity index (χ3n) is 19.1. The van der Waals surface area contributed by atoms with Gasteiger partial charge in [-0.1, -0.05) is 80.6 Å². The molecule has 2 aliphatic heterocycles. The Kier molecular flexibility index (Phi) is 33.0. The molecule has 33 nitrogen and oxygen atoms in total. The highest BCUT2D eigenvalue weighted by molar-refractivity contribution is 7.98. The van der Waals surface area contributed by atoms with Crippen molar-refractivity contribution in [2.45, 2.75) is 196 Å². The lowest BCUT2D eigenvalue weighted by molar-refractivity contribution is -0.144. The highest BCUT2D eigenvalue weighted by Gasteiger charge is 2.43. The number of carbonyl (C=O) groups is 13. The molecular formula is C74H106N20O13S. The molecule has 2 aliphatic rings. The summed E-state index contributed by atoms with van der Waals surface area (Å²) in [5, 5.41) is 23.5. The van der Waals surface area contributed by atoms with Crippen molar-refractivity contribution in [2.75, 3.05) is 38.2 Å². The molecule has 3 aromatic carbocycles. The van der Waals surface area contributed by atoms with E-state index in [2.05, 4.69) is 57.5 Å². The first-order valence-corrected chi connectivity index (χ1v) is 38.1. The molecule has 586 valence electrons. The average molecular weight is 1520 g/mol. The summed E-state index contributed by atoms with van der Waals surface area (Å²) >= 11 is 1.45. The van der Waals surface area contributed by atoms with Gasteiger partial charge in [0.15, 0.2) is 5.96 Å². The van der Waals surface area contributed by atoms with E-state index in [0.717, 1.165) is 10.9 Å². The number of aromatic amines is 2. The Labute approximate surface area is 631 Å². The number of guanidine groups is 1. The molecule has 2 saturated heterocycles. The minimum atomic E-state index is -1.69. The van der Waals surface area contributed by atoms with E-state index in [1.165, 1.54) is 21.6 Å². The van der Waals surface area contributed by atoms with Crippen LogP contribution in [0, 0.1) is 5.92 Å². The predicted octanol–water partition coefficient (Wildman–Crippen LogP) is -1.14. The van der Waals surface area contributed by atoms with E-state index >= 15 is 14.4 Å². The van der Waals surface area contributed by atoms with Gasteiger partial charge >= 0.3 is 0 Å². The number of aromatic nitrogens is 2. The SMILES string of the molecule is CSCCC(NC(=O)C(CC(C)C)NC(=O)C(Cc1c[nH]c2ccccc12)NC(=O)C(Cc1ccccc1)NC(=O)C(Cc1c[nH]c2ccccc12)NC(=O)C(CCC(N)=O)NC(=O)C(CCC(N)=O)NC(=O)C1CCCN1C(=O)C(CCCCN)NC(=O)C1CCCN1C(=O)C(N)CCCN=C(N)N)C(N)=O. The van der Waals surface area contributed by atoms with Crippen LogP contribution < -0.4 is 82.7 Å². The Bertz CT molecular complexity index is 3980. The fourth-order valence-corrected chi connectivity index (χ4v) is 13.9. The molecular weight excluding hydrogens is 1410 g/mol. The first-order chi connectivity index (χ1) is 51.7. The standard InChI is InChI=1S/C74H106N20O13S/c1-42(2)36-55(66(100)85-51(63(79)97)30-35-108-3)89-68(102)58(39-45-41-84-50-22-10-8-19-47(45)50)92-67(101)56(37-43-16-5-4-6-17-43)90-69(103)57(38-44-40-83-49-21-9-7-18-46(44)49)91-65(99)52(26-28-61(77)95)86-64(98)53(27-29-62(78)96)87-70(104)60-25-15-34-94(60)73(107)54(23-11-12-31-75)88-71(105)59-24-14-33-93(59)72(106)48(76)20-13-32-82-74(80)81/h4-10,16-19,21-22,40-42,48,51-60,83-84H,11-15,20,23-39,75-76H2,1-3H3,(H2,77,95)(H2,78,96)(H2,79,97)(H,85,100)(H,86,98)(H,87,104)(H,88,105)(H,89,102)(H,90,103)(H,91,99)(H,92,101)(H4,80,81,82). The summed E-state index contributed by atoms with van der Waals surface area (Å²) in [6.07, 6.45) is 5.97. The highest BCUT2D eigenvalue weighted by Crippen LogP contribution is 2.26. The number of hydrogen-bond donors (Lipinski definition) is 17. The quantitative estimate of drug-likeness (QED) is 0.0125. The summed E-state index contributed by atoms with van der Waals surface area (Å²) < 4.78 is 0. The number of nitrogens with two attached hydrogens (primary N) is 7.